The molecule has 1 aromatic carbocycles. The van der Waals surface area contributed by atoms with Gasteiger partial charge in [-0.2, -0.15) is 0 Å². The zero-order valence-electron chi connectivity index (χ0n) is 11.5. The second-order valence-electron chi connectivity index (χ2n) is 5.57. The Morgan fingerprint density at radius 1 is 1.16 bits per heavy atom. The molecule has 1 fully saturated rings. The molecule has 0 saturated heterocycles. The van der Waals surface area contributed by atoms with Gasteiger partial charge in [-0.1, -0.05) is 31.4 Å². The zero-order valence-corrected chi connectivity index (χ0v) is 11.5. The minimum Gasteiger partial charge on any atom is -0.331 e. The van der Waals surface area contributed by atoms with Crippen molar-refractivity contribution in [1.29, 1.82) is 0 Å². The molecule has 1 aliphatic rings. The average Bonchev–Trinajstić information content (AvgIpc) is 2.88. The second-order valence-corrected chi connectivity index (χ2v) is 5.57. The van der Waals surface area contributed by atoms with Gasteiger partial charge in [0.2, 0.25) is 0 Å². The number of aromatic nitrogens is 2. The van der Waals surface area contributed by atoms with Crippen LogP contribution in [0.2, 0.25) is 0 Å². The summed E-state index contributed by atoms with van der Waals surface area (Å²) < 4.78 is 2.26. The number of nitrogens with one attached hydrogen (secondary N) is 1. The number of imidazole rings is 1. The van der Waals surface area contributed by atoms with Crippen LogP contribution in [0.5, 0.6) is 0 Å². The zero-order chi connectivity index (χ0) is 12.9. The Morgan fingerprint density at radius 3 is 2.89 bits per heavy atom. The van der Waals surface area contributed by atoms with Gasteiger partial charge in [0.05, 0.1) is 17.4 Å². The summed E-state index contributed by atoms with van der Waals surface area (Å²) in [5.74, 6) is 0. The van der Waals surface area contributed by atoms with E-state index in [1.165, 1.54) is 44.0 Å². The van der Waals surface area contributed by atoms with Crippen molar-refractivity contribution in [3.8, 4) is 0 Å². The topological polar surface area (TPSA) is 29.9 Å². The van der Waals surface area contributed by atoms with Crippen LogP contribution in [0.1, 0.15) is 38.5 Å². The van der Waals surface area contributed by atoms with Crippen molar-refractivity contribution in [3.05, 3.63) is 30.6 Å². The van der Waals surface area contributed by atoms with Gasteiger partial charge in [-0.25, -0.2) is 4.98 Å². The lowest BCUT2D eigenvalue weighted by Gasteiger charge is -2.22. The van der Waals surface area contributed by atoms with Crippen LogP contribution in [-0.4, -0.2) is 22.1 Å². The molecule has 3 nitrogen and oxygen atoms in total. The minimum atomic E-state index is 0.772. The van der Waals surface area contributed by atoms with Gasteiger partial charge in [-0.05, 0) is 37.9 Å². The molecule has 19 heavy (non-hydrogen) atoms. The van der Waals surface area contributed by atoms with Gasteiger partial charge in [0.15, 0.2) is 0 Å². The molecule has 0 unspecified atom stereocenters. The third kappa shape index (κ3) is 3.16. The lowest BCUT2D eigenvalue weighted by Crippen LogP contribution is -2.32. The average molecular weight is 257 g/mol. The summed E-state index contributed by atoms with van der Waals surface area (Å²) in [6, 6.07) is 9.13. The van der Waals surface area contributed by atoms with E-state index in [1.807, 2.05) is 12.4 Å². The molecule has 1 aromatic heterocycles. The first-order valence-corrected chi connectivity index (χ1v) is 7.57. The van der Waals surface area contributed by atoms with E-state index in [-0.39, 0.29) is 0 Å². The fourth-order valence-corrected chi connectivity index (χ4v) is 3.05. The normalized spacial score (nSPS) is 17.1. The number of benzene rings is 1. The maximum atomic E-state index is 4.43. The Bertz CT molecular complexity index is 511. The molecule has 3 rings (SSSR count). The summed E-state index contributed by atoms with van der Waals surface area (Å²) >= 11 is 0. The van der Waals surface area contributed by atoms with E-state index in [9.17, 15) is 0 Å². The molecule has 0 spiro atoms. The fraction of sp³-hybridized carbons (Fsp3) is 0.562. The van der Waals surface area contributed by atoms with Crippen LogP contribution >= 0.6 is 0 Å². The Morgan fingerprint density at radius 2 is 2.00 bits per heavy atom. The van der Waals surface area contributed by atoms with Crippen LogP contribution < -0.4 is 5.32 Å². The van der Waals surface area contributed by atoms with E-state index in [0.29, 0.717) is 0 Å². The Kier molecular flexibility index (Phi) is 4.13. The number of hydrogen-bond acceptors (Lipinski definition) is 2. The number of rotatable bonds is 5. The van der Waals surface area contributed by atoms with E-state index in [0.717, 1.165) is 24.6 Å². The summed E-state index contributed by atoms with van der Waals surface area (Å²) in [6.45, 7) is 2.18. The predicted molar refractivity (Wildman–Crippen MR) is 79.2 cm³/mol. The minimum absolute atomic E-state index is 0.772. The van der Waals surface area contributed by atoms with Crippen LogP contribution in [0.3, 0.4) is 0 Å². The van der Waals surface area contributed by atoms with E-state index in [2.05, 4.69) is 33.1 Å². The molecule has 1 heterocycles. The number of fused-ring (bicyclic) bond motifs is 1. The molecule has 102 valence electrons. The highest BCUT2D eigenvalue weighted by Gasteiger charge is 2.11. The van der Waals surface area contributed by atoms with Gasteiger partial charge in [0.25, 0.3) is 0 Å². The Hall–Kier alpha value is -1.35. The lowest BCUT2D eigenvalue weighted by atomic mass is 9.95. The van der Waals surface area contributed by atoms with Crippen molar-refractivity contribution in [1.82, 2.24) is 14.9 Å². The Balaban J connectivity index is 1.47. The second kappa shape index (κ2) is 6.20. The predicted octanol–water partition coefficient (Wildman–Crippen LogP) is 3.35. The standard InChI is InChI=1S/C16H23N3/c1-2-7-14(8-3-1)17-11-6-12-19-13-18-15-9-4-5-10-16(15)19/h4-5,9-10,13-14,17H,1-3,6-8,11-12H2. The van der Waals surface area contributed by atoms with Gasteiger partial charge < -0.3 is 9.88 Å². The smallest absolute Gasteiger partial charge is 0.0958 e. The first kappa shape index (κ1) is 12.7. The van der Waals surface area contributed by atoms with Crippen LogP contribution in [0.4, 0.5) is 0 Å². The lowest BCUT2D eigenvalue weighted by molar-refractivity contribution is 0.369. The molecule has 1 N–H and O–H groups in total. The first-order valence-electron chi connectivity index (χ1n) is 7.57. The van der Waals surface area contributed by atoms with Gasteiger partial charge in [-0.15, -0.1) is 0 Å². The monoisotopic (exact) mass is 257 g/mol. The van der Waals surface area contributed by atoms with Crippen LogP contribution in [0.15, 0.2) is 30.6 Å². The number of para-hydroxylation sites is 2. The van der Waals surface area contributed by atoms with Crippen molar-refractivity contribution in [2.24, 2.45) is 0 Å². The highest BCUT2D eigenvalue weighted by Crippen LogP contribution is 2.17. The fourth-order valence-electron chi connectivity index (χ4n) is 3.05. The third-order valence-electron chi connectivity index (χ3n) is 4.14. The van der Waals surface area contributed by atoms with E-state index in [1.54, 1.807) is 0 Å². The molecule has 2 aromatic rings. The maximum Gasteiger partial charge on any atom is 0.0958 e. The van der Waals surface area contributed by atoms with E-state index in [4.69, 9.17) is 0 Å². The highest BCUT2D eigenvalue weighted by molar-refractivity contribution is 5.74. The van der Waals surface area contributed by atoms with Crippen molar-refractivity contribution in [3.63, 3.8) is 0 Å². The van der Waals surface area contributed by atoms with Gasteiger partial charge in [-0.3, -0.25) is 0 Å². The molecular weight excluding hydrogens is 234 g/mol. The van der Waals surface area contributed by atoms with Crippen molar-refractivity contribution in [2.75, 3.05) is 6.54 Å². The summed E-state index contributed by atoms with van der Waals surface area (Å²) in [7, 11) is 0. The van der Waals surface area contributed by atoms with Gasteiger partial charge in [0.1, 0.15) is 0 Å². The molecule has 3 heteroatoms. The van der Waals surface area contributed by atoms with Crippen molar-refractivity contribution in [2.45, 2.75) is 51.1 Å². The summed E-state index contributed by atoms with van der Waals surface area (Å²) in [5, 5.41) is 3.70. The number of aryl methyl sites for hydroxylation is 1. The quantitative estimate of drug-likeness (QED) is 0.832. The number of nitrogens with zero attached hydrogens (tertiary/aromatic N) is 2. The van der Waals surface area contributed by atoms with Gasteiger partial charge >= 0.3 is 0 Å². The summed E-state index contributed by atoms with van der Waals surface area (Å²) in [4.78, 5) is 4.43. The van der Waals surface area contributed by atoms with E-state index < -0.39 is 0 Å². The van der Waals surface area contributed by atoms with Crippen LogP contribution in [0.25, 0.3) is 11.0 Å². The molecule has 0 amide bonds. The van der Waals surface area contributed by atoms with Crippen LogP contribution in [-0.2, 0) is 6.54 Å². The van der Waals surface area contributed by atoms with Gasteiger partial charge in [0, 0.05) is 12.6 Å². The molecule has 1 aliphatic carbocycles. The summed E-state index contributed by atoms with van der Waals surface area (Å²) in [5.41, 5.74) is 2.35. The van der Waals surface area contributed by atoms with Crippen LogP contribution in [0, 0.1) is 0 Å². The van der Waals surface area contributed by atoms with E-state index >= 15 is 0 Å². The highest BCUT2D eigenvalue weighted by atomic mass is 15.0. The summed E-state index contributed by atoms with van der Waals surface area (Å²) in [6.07, 6.45) is 10.1. The first-order chi connectivity index (χ1) is 9.43. The molecule has 0 aliphatic heterocycles. The number of hydrogen-bond donors (Lipinski definition) is 1. The molecule has 0 radical (unpaired) electrons. The largest absolute Gasteiger partial charge is 0.331 e. The molecular formula is C16H23N3. The van der Waals surface area contributed by atoms with Crippen molar-refractivity contribution >= 4 is 11.0 Å². The van der Waals surface area contributed by atoms with Crippen molar-refractivity contribution < 1.29 is 0 Å². The SMILES string of the molecule is c1ccc2c(c1)ncn2CCCNC1CCCCC1. The maximum absolute atomic E-state index is 4.43. The molecule has 0 bridgehead atoms. The third-order valence-corrected chi connectivity index (χ3v) is 4.14. The molecule has 1 saturated carbocycles. The molecule has 0 atom stereocenters. The Labute approximate surface area is 115 Å².